The molecule has 0 bridgehead atoms. The highest BCUT2D eigenvalue weighted by molar-refractivity contribution is 5.98. The Labute approximate surface area is 326 Å². The lowest BCUT2D eigenvalue weighted by Gasteiger charge is -2.15. The van der Waals surface area contributed by atoms with E-state index < -0.39 is 24.1 Å². The summed E-state index contributed by atoms with van der Waals surface area (Å²) in [6.07, 6.45) is -1.31. The van der Waals surface area contributed by atoms with Crippen molar-refractivity contribution in [1.82, 2.24) is 10.6 Å². The number of hydrogen-bond acceptors (Lipinski definition) is 12. The fourth-order valence-electron chi connectivity index (χ4n) is 4.35. The number of ether oxygens (including phenoxy) is 6. The Morgan fingerprint density at radius 2 is 0.926 bits per heavy atom. The Morgan fingerprint density at radius 3 is 1.30 bits per heavy atom. The zero-order valence-corrected chi connectivity index (χ0v) is 31.5. The lowest BCUT2D eigenvalue weighted by molar-refractivity contribution is 0.0504. The molecule has 0 aliphatic heterocycles. The van der Waals surface area contributed by atoms with Gasteiger partial charge in [0, 0.05) is 26.2 Å². The quantitative estimate of drug-likeness (QED) is 0.0907. The predicted molar refractivity (Wildman–Crippen MR) is 204 cm³/mol. The number of alkyl carbamates (subject to hydrolysis) is 2. The molecule has 6 N–H and O–H groups in total. The topological polar surface area (TPSA) is 200 Å². The highest BCUT2D eigenvalue weighted by Crippen LogP contribution is 2.31. The van der Waals surface area contributed by atoms with Gasteiger partial charge in [0.2, 0.25) is 0 Å². The van der Waals surface area contributed by atoms with Gasteiger partial charge in [0.1, 0.15) is 35.8 Å². The number of amides is 2. The van der Waals surface area contributed by atoms with Crippen LogP contribution in [-0.4, -0.2) is 63.8 Å². The van der Waals surface area contributed by atoms with Crippen molar-refractivity contribution >= 4 is 48.9 Å². The minimum Gasteiger partial charge on any atom is -0.480 e. The summed E-state index contributed by atoms with van der Waals surface area (Å²) in [5, 5.41) is 5.26. The van der Waals surface area contributed by atoms with E-state index >= 15 is 0 Å². The molecule has 54 heavy (non-hydrogen) atoms. The standard InChI is InChI=1S/C38H42N4O10.2ClH/c1-3-47-35(43)31-21-34(50-16-6-8-18-52-38(46)42-26-30-14-10-12-28(20-30)24-40)32(36(44)48-4-2)22-33(31)49-15-5-7-17-51-37(45)41-25-29-13-9-11-27(19-29)23-39;;/h9-14,19-22H,3-4,15-18,23-26,39-40H2,1-2H3,(H,41,45)(H,42,46);2*1H. The van der Waals surface area contributed by atoms with Gasteiger partial charge in [0.05, 0.1) is 13.2 Å². The number of nitrogens with one attached hydrogen (secondary N) is 2. The third kappa shape index (κ3) is 16.4. The molecule has 0 aliphatic rings. The van der Waals surface area contributed by atoms with Crippen LogP contribution < -0.4 is 31.6 Å². The molecule has 3 rings (SSSR count). The molecule has 0 saturated heterocycles. The third-order valence-corrected chi connectivity index (χ3v) is 6.80. The van der Waals surface area contributed by atoms with Crippen molar-refractivity contribution in [3.05, 3.63) is 94.0 Å². The number of nitrogens with two attached hydrogens (primary N) is 2. The number of carbonyl (C=O) groups is 4. The van der Waals surface area contributed by atoms with E-state index in [4.69, 9.17) is 39.9 Å². The Morgan fingerprint density at radius 1 is 0.556 bits per heavy atom. The van der Waals surface area contributed by atoms with Gasteiger partial charge in [-0.15, -0.1) is 24.8 Å². The minimum atomic E-state index is -0.733. The summed E-state index contributed by atoms with van der Waals surface area (Å²) in [4.78, 5) is 49.7. The molecule has 3 aromatic carbocycles. The third-order valence-electron chi connectivity index (χ3n) is 6.80. The second kappa shape index (κ2) is 26.2. The Bertz CT molecular complexity index is 1690. The number of benzene rings is 3. The van der Waals surface area contributed by atoms with Crippen LogP contribution in [0.3, 0.4) is 0 Å². The van der Waals surface area contributed by atoms with Crippen LogP contribution in [0.25, 0.3) is 0 Å². The molecular weight excluding hydrogens is 743 g/mol. The normalized spacial score (nSPS) is 9.56. The van der Waals surface area contributed by atoms with E-state index in [0.717, 1.165) is 22.3 Å². The summed E-state index contributed by atoms with van der Waals surface area (Å²) in [5.74, 6) is 9.20. The van der Waals surface area contributed by atoms with Crippen molar-refractivity contribution in [2.75, 3.05) is 39.6 Å². The van der Waals surface area contributed by atoms with Gasteiger partial charge in [-0.1, -0.05) is 72.2 Å². The number of halogens is 2. The van der Waals surface area contributed by atoms with Crippen LogP contribution in [0.4, 0.5) is 9.59 Å². The smallest absolute Gasteiger partial charge is 0.408 e. The van der Waals surface area contributed by atoms with Crippen LogP contribution in [0.15, 0.2) is 60.7 Å². The summed E-state index contributed by atoms with van der Waals surface area (Å²) in [6, 6.07) is 17.5. The van der Waals surface area contributed by atoms with Gasteiger partial charge >= 0.3 is 24.1 Å². The molecule has 0 spiro atoms. The Kier molecular flexibility index (Phi) is 22.5. The second-order valence-electron chi connectivity index (χ2n) is 10.5. The molecule has 0 unspecified atom stereocenters. The molecule has 290 valence electrons. The van der Waals surface area contributed by atoms with E-state index in [0.29, 0.717) is 13.1 Å². The highest BCUT2D eigenvalue weighted by Gasteiger charge is 2.23. The van der Waals surface area contributed by atoms with Gasteiger partial charge in [-0.05, 0) is 48.2 Å². The Hall–Kier alpha value is -5.64. The zero-order chi connectivity index (χ0) is 37.6. The monoisotopic (exact) mass is 786 g/mol. The van der Waals surface area contributed by atoms with Gasteiger partial charge in [-0.2, -0.15) is 0 Å². The molecule has 0 fully saturated rings. The van der Waals surface area contributed by atoms with E-state index in [1.165, 1.54) is 12.1 Å². The lowest BCUT2D eigenvalue weighted by Crippen LogP contribution is -2.24. The zero-order valence-electron chi connectivity index (χ0n) is 29.9. The van der Waals surface area contributed by atoms with Crippen LogP contribution in [0.5, 0.6) is 11.5 Å². The summed E-state index contributed by atoms with van der Waals surface area (Å²) in [6.45, 7) is 3.85. The summed E-state index contributed by atoms with van der Waals surface area (Å²) < 4.78 is 31.9. The summed E-state index contributed by atoms with van der Waals surface area (Å²) >= 11 is 0. The van der Waals surface area contributed by atoms with Crippen molar-refractivity contribution in [1.29, 1.82) is 0 Å². The van der Waals surface area contributed by atoms with Crippen molar-refractivity contribution in [2.24, 2.45) is 11.5 Å². The summed E-state index contributed by atoms with van der Waals surface area (Å²) in [7, 11) is 0. The first-order valence-electron chi connectivity index (χ1n) is 16.3. The number of esters is 2. The van der Waals surface area contributed by atoms with Gasteiger partial charge < -0.3 is 50.5 Å². The van der Waals surface area contributed by atoms with E-state index in [9.17, 15) is 19.2 Å². The van der Waals surface area contributed by atoms with Crippen LogP contribution in [-0.2, 0) is 45.1 Å². The van der Waals surface area contributed by atoms with Crippen molar-refractivity contribution in [3.63, 3.8) is 0 Å². The van der Waals surface area contributed by atoms with Crippen LogP contribution >= 0.6 is 24.8 Å². The molecule has 3 aromatic rings. The maximum atomic E-state index is 12.8. The van der Waals surface area contributed by atoms with E-state index in [2.05, 4.69) is 34.3 Å². The predicted octanol–water partition coefficient (Wildman–Crippen LogP) is 4.42. The molecule has 14 nitrogen and oxygen atoms in total. The van der Waals surface area contributed by atoms with Gasteiger partial charge in [0.15, 0.2) is 13.2 Å². The average Bonchev–Trinajstić information content (AvgIpc) is 3.16. The number of hydrogen-bond donors (Lipinski definition) is 4. The van der Waals surface area contributed by atoms with Crippen LogP contribution in [0, 0.1) is 23.7 Å². The maximum absolute atomic E-state index is 12.8. The fraction of sp³-hybridized carbons (Fsp3) is 0.316. The van der Waals surface area contributed by atoms with Gasteiger partial charge in [-0.25, -0.2) is 19.2 Å². The van der Waals surface area contributed by atoms with Crippen molar-refractivity contribution in [2.45, 2.75) is 40.0 Å². The van der Waals surface area contributed by atoms with E-state index in [-0.39, 0.29) is 100 Å². The van der Waals surface area contributed by atoms with Crippen molar-refractivity contribution in [3.8, 4) is 35.2 Å². The fourth-order valence-corrected chi connectivity index (χ4v) is 4.35. The molecule has 0 saturated carbocycles. The first kappa shape index (κ1) is 46.4. The van der Waals surface area contributed by atoms with Gasteiger partial charge in [-0.3, -0.25) is 0 Å². The largest absolute Gasteiger partial charge is 0.480 e. The molecule has 0 aliphatic carbocycles. The SMILES string of the molecule is CCOC(=O)c1cc(OCC#CCOC(=O)NCc2cccc(CN)c2)c(C(=O)OCC)cc1OCC#CCOC(=O)NCc1cccc(CN)c1.Cl.Cl. The van der Waals surface area contributed by atoms with Gasteiger partial charge in [0.25, 0.3) is 0 Å². The molecular formula is C38H44Cl2N4O10. The van der Waals surface area contributed by atoms with Crippen molar-refractivity contribution < 1.29 is 47.6 Å². The molecule has 0 atom stereocenters. The van der Waals surface area contributed by atoms with Crippen LogP contribution in [0.1, 0.15) is 56.8 Å². The Balaban J connectivity index is 0.00000729. The molecule has 0 heterocycles. The number of carbonyl (C=O) groups excluding carboxylic acids is 4. The molecule has 16 heteroatoms. The molecule has 2 amide bonds. The van der Waals surface area contributed by atoms with E-state index in [1.807, 2.05) is 48.5 Å². The lowest BCUT2D eigenvalue weighted by atomic mass is 10.1. The molecule has 0 aromatic heterocycles. The first-order valence-corrected chi connectivity index (χ1v) is 16.3. The highest BCUT2D eigenvalue weighted by atomic mass is 35.5. The average molecular weight is 788 g/mol. The number of rotatable bonds is 16. The molecule has 0 radical (unpaired) electrons. The minimum absolute atomic E-state index is 0. The van der Waals surface area contributed by atoms with E-state index in [1.54, 1.807) is 13.8 Å². The summed E-state index contributed by atoms with van der Waals surface area (Å²) in [5.41, 5.74) is 14.9. The van der Waals surface area contributed by atoms with Crippen LogP contribution in [0.2, 0.25) is 0 Å². The first-order chi connectivity index (χ1) is 25.3. The maximum Gasteiger partial charge on any atom is 0.408 e. The second-order valence-corrected chi connectivity index (χ2v) is 10.5.